The minimum absolute atomic E-state index is 0.00644. The molecule has 1 aliphatic rings. The van der Waals surface area contributed by atoms with Crippen molar-refractivity contribution >= 4 is 5.95 Å². The van der Waals surface area contributed by atoms with Crippen LogP contribution in [0.25, 0.3) is 22.6 Å². The third-order valence-corrected chi connectivity index (χ3v) is 4.91. The van der Waals surface area contributed by atoms with Crippen molar-refractivity contribution < 1.29 is 9.60 Å². The number of nitrogens with zero attached hydrogens (tertiary/aromatic N) is 5. The van der Waals surface area contributed by atoms with Crippen molar-refractivity contribution in [2.24, 2.45) is 0 Å². The molecular weight excluding hydrogens is 347 g/mol. The molecule has 0 saturated heterocycles. The van der Waals surface area contributed by atoms with Crippen molar-refractivity contribution in [2.45, 2.75) is 38.1 Å². The minimum atomic E-state index is -0.322. The molecule has 1 saturated carbocycles. The zero-order chi connectivity index (χ0) is 18.8. The third kappa shape index (κ3) is 3.48. The van der Waals surface area contributed by atoms with Crippen LogP contribution in [0.15, 0.2) is 42.9 Å². The van der Waals surface area contributed by atoms with Crippen molar-refractivity contribution in [3.63, 3.8) is 0 Å². The van der Waals surface area contributed by atoms with Crippen molar-refractivity contribution in [1.82, 2.24) is 19.6 Å². The van der Waals surface area contributed by atoms with Gasteiger partial charge in [-0.15, -0.1) is 0 Å². The van der Waals surface area contributed by atoms with Crippen molar-refractivity contribution in [2.75, 3.05) is 10.9 Å². The lowest BCUT2D eigenvalue weighted by atomic mass is 9.96. The van der Waals surface area contributed by atoms with E-state index in [4.69, 9.17) is 5.73 Å². The molecule has 3 aromatic rings. The van der Waals surface area contributed by atoms with Crippen molar-refractivity contribution in [3.05, 3.63) is 48.7 Å². The second-order valence-corrected chi connectivity index (χ2v) is 6.71. The molecule has 8 heteroatoms. The number of benzene rings is 1. The Labute approximate surface area is 156 Å². The normalized spacial score (nSPS) is 15.0. The summed E-state index contributed by atoms with van der Waals surface area (Å²) in [4.78, 5) is 12.7. The summed E-state index contributed by atoms with van der Waals surface area (Å²) >= 11 is 0. The molecule has 3 N–H and O–H groups in total. The maximum atomic E-state index is 13.3. The van der Waals surface area contributed by atoms with Crippen LogP contribution in [-0.2, 0) is 0 Å². The van der Waals surface area contributed by atoms with Crippen LogP contribution >= 0.6 is 0 Å². The van der Waals surface area contributed by atoms with E-state index in [1.165, 1.54) is 23.7 Å². The molecule has 0 amide bonds. The number of anilines is 1. The Kier molecular flexibility index (Phi) is 4.72. The summed E-state index contributed by atoms with van der Waals surface area (Å²) in [6.07, 6.45) is 8.28. The Balaban J connectivity index is 1.82. The number of nitrogen functional groups attached to an aromatic ring is 1. The summed E-state index contributed by atoms with van der Waals surface area (Å²) in [5.74, 6) is -0.190. The molecular formula is C19H21FN6O. The largest absolute Gasteiger partial charge is 0.368 e. The van der Waals surface area contributed by atoms with Crippen LogP contribution in [0.5, 0.6) is 0 Å². The van der Waals surface area contributed by atoms with E-state index in [0.717, 1.165) is 31.2 Å². The zero-order valence-electron chi connectivity index (χ0n) is 14.8. The molecule has 0 unspecified atom stereocenters. The van der Waals surface area contributed by atoms with Crippen molar-refractivity contribution in [3.8, 4) is 22.6 Å². The van der Waals surface area contributed by atoms with Crippen LogP contribution < -0.4 is 10.9 Å². The summed E-state index contributed by atoms with van der Waals surface area (Å²) < 4.78 is 14.9. The lowest BCUT2D eigenvalue weighted by molar-refractivity contribution is 0.118. The van der Waals surface area contributed by atoms with Gasteiger partial charge in [-0.2, -0.15) is 5.17 Å². The highest BCUT2D eigenvalue weighted by Gasteiger charge is 2.25. The van der Waals surface area contributed by atoms with Gasteiger partial charge in [0.05, 0.1) is 11.7 Å². The highest BCUT2D eigenvalue weighted by atomic mass is 19.1. The van der Waals surface area contributed by atoms with E-state index in [2.05, 4.69) is 15.0 Å². The lowest BCUT2D eigenvalue weighted by Crippen LogP contribution is -2.42. The maximum absolute atomic E-state index is 13.3. The second kappa shape index (κ2) is 7.32. The quantitative estimate of drug-likeness (QED) is 0.686. The molecule has 1 fully saturated rings. The van der Waals surface area contributed by atoms with Gasteiger partial charge in [0.25, 0.3) is 0 Å². The lowest BCUT2D eigenvalue weighted by Gasteiger charge is -2.31. The van der Waals surface area contributed by atoms with E-state index in [1.807, 2.05) is 0 Å². The van der Waals surface area contributed by atoms with Gasteiger partial charge in [-0.3, -0.25) is 5.21 Å². The number of hydroxylamine groups is 1. The number of aromatic nitrogens is 4. The summed E-state index contributed by atoms with van der Waals surface area (Å²) in [6, 6.07) is 7.78. The Morgan fingerprint density at radius 1 is 1.07 bits per heavy atom. The fraction of sp³-hybridized carbons (Fsp3) is 0.316. The first-order valence-electron chi connectivity index (χ1n) is 9.04. The van der Waals surface area contributed by atoms with Gasteiger partial charge in [-0.1, -0.05) is 19.3 Å². The average molecular weight is 368 g/mol. The van der Waals surface area contributed by atoms with Gasteiger partial charge >= 0.3 is 0 Å². The first-order chi connectivity index (χ1) is 13.1. The minimum Gasteiger partial charge on any atom is -0.368 e. The van der Waals surface area contributed by atoms with Crippen LogP contribution in [0.4, 0.5) is 10.3 Å². The molecule has 0 bridgehead atoms. The van der Waals surface area contributed by atoms with Crippen LogP contribution in [0.2, 0.25) is 0 Å². The fourth-order valence-corrected chi connectivity index (χ4v) is 3.55. The molecule has 140 valence electrons. The molecule has 27 heavy (non-hydrogen) atoms. The molecule has 0 spiro atoms. The number of hydrogen-bond acceptors (Lipinski definition) is 6. The fourth-order valence-electron chi connectivity index (χ4n) is 3.55. The van der Waals surface area contributed by atoms with E-state index >= 15 is 0 Å². The van der Waals surface area contributed by atoms with E-state index in [0.29, 0.717) is 17.1 Å². The van der Waals surface area contributed by atoms with Crippen LogP contribution in [0, 0.1) is 5.82 Å². The summed E-state index contributed by atoms with van der Waals surface area (Å²) in [5.41, 5.74) is 8.20. The molecule has 0 atom stereocenters. The van der Waals surface area contributed by atoms with Gasteiger partial charge in [-0.05, 0) is 43.2 Å². The first-order valence-corrected chi connectivity index (χ1v) is 9.04. The monoisotopic (exact) mass is 368 g/mol. The Morgan fingerprint density at radius 3 is 2.52 bits per heavy atom. The highest BCUT2D eigenvalue weighted by molar-refractivity contribution is 5.77. The van der Waals surface area contributed by atoms with Crippen LogP contribution in [0.3, 0.4) is 0 Å². The summed E-state index contributed by atoms with van der Waals surface area (Å²) in [5, 5.41) is 12.1. The van der Waals surface area contributed by atoms with Crippen LogP contribution in [0.1, 0.15) is 32.1 Å². The Bertz CT molecular complexity index is 920. The zero-order valence-corrected chi connectivity index (χ0v) is 14.8. The second-order valence-electron chi connectivity index (χ2n) is 6.71. The van der Waals surface area contributed by atoms with E-state index in [1.54, 1.807) is 35.4 Å². The number of halogens is 1. The van der Waals surface area contributed by atoms with Gasteiger partial charge in [0, 0.05) is 11.8 Å². The van der Waals surface area contributed by atoms with Gasteiger partial charge in [0.2, 0.25) is 5.95 Å². The summed E-state index contributed by atoms with van der Waals surface area (Å²) in [6.45, 7) is 0. The van der Waals surface area contributed by atoms with Gasteiger partial charge in [0.15, 0.2) is 0 Å². The molecule has 0 aliphatic heterocycles. The topological polar surface area (TPSA) is 93.1 Å². The maximum Gasteiger partial charge on any atom is 0.220 e. The number of hydrogen-bond donors (Lipinski definition) is 2. The number of nitrogens with two attached hydrogens (primary N) is 1. The molecule has 1 aliphatic carbocycles. The van der Waals surface area contributed by atoms with Crippen molar-refractivity contribution in [1.29, 1.82) is 0 Å². The standard InChI is InChI=1S/C19H21FN6O/c20-14-8-6-13(7-9-14)17-18(16-10-11-22-19(21)24-16)25(12-23-17)26(27)15-4-2-1-3-5-15/h6-12,15,27H,1-5H2,(H2,21,22,24). The van der Waals surface area contributed by atoms with E-state index < -0.39 is 0 Å². The molecule has 2 aromatic heterocycles. The number of imidazole rings is 1. The first kappa shape index (κ1) is 17.4. The molecule has 7 nitrogen and oxygen atoms in total. The van der Waals surface area contributed by atoms with Gasteiger partial charge < -0.3 is 5.73 Å². The van der Waals surface area contributed by atoms with Crippen LogP contribution in [-0.4, -0.2) is 30.9 Å². The molecule has 2 heterocycles. The average Bonchev–Trinajstić information content (AvgIpc) is 3.14. The Hall–Kier alpha value is -3.00. The third-order valence-electron chi connectivity index (χ3n) is 4.91. The predicted molar refractivity (Wildman–Crippen MR) is 99.9 cm³/mol. The SMILES string of the molecule is Nc1nccc(-c2c(-c3ccc(F)cc3)ncn2N(O)C2CCCCC2)n1. The molecule has 1 aromatic carbocycles. The highest BCUT2D eigenvalue weighted by Crippen LogP contribution is 2.32. The number of rotatable bonds is 4. The smallest absolute Gasteiger partial charge is 0.220 e. The van der Waals surface area contributed by atoms with Gasteiger partial charge in [0.1, 0.15) is 23.5 Å². The predicted octanol–water partition coefficient (Wildman–Crippen LogP) is 3.39. The summed E-state index contributed by atoms with van der Waals surface area (Å²) in [7, 11) is 0. The molecule has 0 radical (unpaired) electrons. The van der Waals surface area contributed by atoms with Gasteiger partial charge in [-0.25, -0.2) is 24.0 Å². The van der Waals surface area contributed by atoms with E-state index in [-0.39, 0.29) is 17.8 Å². The Morgan fingerprint density at radius 2 is 1.81 bits per heavy atom. The van der Waals surface area contributed by atoms with E-state index in [9.17, 15) is 9.60 Å². The molecule has 4 rings (SSSR count).